The molecule has 1 saturated heterocycles. The molecular formula is C25H30N4O4. The largest absolute Gasteiger partial charge is 0.493 e. The number of benzene rings is 2. The van der Waals surface area contributed by atoms with Gasteiger partial charge in [0.25, 0.3) is 0 Å². The van der Waals surface area contributed by atoms with Crippen LogP contribution in [0.2, 0.25) is 0 Å². The average Bonchev–Trinajstić information content (AvgIpc) is 3.10. The fourth-order valence-electron chi connectivity index (χ4n) is 4.04. The molecule has 0 atom stereocenters. The number of hydrogen-bond donors (Lipinski definition) is 1. The van der Waals surface area contributed by atoms with Crippen LogP contribution in [-0.2, 0) is 4.79 Å². The molecule has 1 aromatic heterocycles. The van der Waals surface area contributed by atoms with Gasteiger partial charge in [-0.1, -0.05) is 12.1 Å². The summed E-state index contributed by atoms with van der Waals surface area (Å²) in [6, 6.07) is 13.1. The minimum Gasteiger partial charge on any atom is -0.493 e. The van der Waals surface area contributed by atoms with E-state index in [1.165, 1.54) is 6.92 Å². The third kappa shape index (κ3) is 5.45. The molecule has 1 aliphatic rings. The molecule has 1 aliphatic heterocycles. The Hall–Kier alpha value is -3.55. The van der Waals surface area contributed by atoms with Crippen molar-refractivity contribution in [2.75, 3.05) is 44.8 Å². The molecule has 174 valence electrons. The topological polar surface area (TPSA) is 87.8 Å². The fraction of sp³-hybridized carbons (Fsp3) is 0.400. The number of para-hydroxylation sites is 2. The van der Waals surface area contributed by atoms with Crippen molar-refractivity contribution in [3.05, 3.63) is 48.0 Å². The van der Waals surface area contributed by atoms with Gasteiger partial charge in [-0.2, -0.15) is 0 Å². The van der Waals surface area contributed by atoms with E-state index in [0.717, 1.165) is 43.0 Å². The monoisotopic (exact) mass is 450 g/mol. The molecule has 1 fully saturated rings. The summed E-state index contributed by atoms with van der Waals surface area (Å²) in [5, 5.41) is 0. The Morgan fingerprint density at radius 1 is 1.06 bits per heavy atom. The van der Waals surface area contributed by atoms with Crippen molar-refractivity contribution in [2.45, 2.75) is 26.2 Å². The van der Waals surface area contributed by atoms with Crippen molar-refractivity contribution < 1.29 is 19.1 Å². The number of methoxy groups -OCH3 is 1. The number of rotatable bonds is 8. The van der Waals surface area contributed by atoms with Crippen molar-refractivity contribution in [2.24, 2.45) is 0 Å². The second-order valence-corrected chi connectivity index (χ2v) is 8.17. The zero-order chi connectivity index (χ0) is 23.2. The summed E-state index contributed by atoms with van der Waals surface area (Å²) in [5.41, 5.74) is 2.56. The molecule has 1 N–H and O–H groups in total. The van der Waals surface area contributed by atoms with Crippen molar-refractivity contribution in [1.29, 1.82) is 0 Å². The van der Waals surface area contributed by atoms with E-state index >= 15 is 0 Å². The number of carbonyl (C=O) groups is 2. The summed E-state index contributed by atoms with van der Waals surface area (Å²) in [7, 11) is 1.55. The third-order valence-electron chi connectivity index (χ3n) is 5.89. The van der Waals surface area contributed by atoms with Crippen molar-refractivity contribution in [1.82, 2.24) is 14.9 Å². The Kier molecular flexibility index (Phi) is 7.12. The Morgan fingerprint density at radius 3 is 2.70 bits per heavy atom. The molecule has 8 heteroatoms. The molecule has 2 aromatic carbocycles. The van der Waals surface area contributed by atoms with E-state index in [9.17, 15) is 9.59 Å². The molecule has 0 unspecified atom stereocenters. The lowest BCUT2D eigenvalue weighted by Gasteiger charge is -2.22. The number of nitrogens with one attached hydrogen (secondary N) is 1. The lowest BCUT2D eigenvalue weighted by molar-refractivity contribution is -0.131. The lowest BCUT2D eigenvalue weighted by atomic mass is 10.1. The number of anilines is 1. The zero-order valence-electron chi connectivity index (χ0n) is 19.2. The summed E-state index contributed by atoms with van der Waals surface area (Å²) < 4.78 is 11.1. The smallest absolute Gasteiger partial charge is 0.222 e. The van der Waals surface area contributed by atoms with Gasteiger partial charge in [0.15, 0.2) is 17.3 Å². The van der Waals surface area contributed by atoms with Crippen molar-refractivity contribution >= 4 is 28.7 Å². The van der Waals surface area contributed by atoms with Crippen LogP contribution in [0.3, 0.4) is 0 Å². The number of hydrogen-bond acceptors (Lipinski definition) is 6. The van der Waals surface area contributed by atoms with E-state index in [0.29, 0.717) is 43.1 Å². The Bertz CT molecular complexity index is 1090. The molecule has 33 heavy (non-hydrogen) atoms. The molecule has 0 radical (unpaired) electrons. The SMILES string of the molecule is COc1cc(C(C)=O)ccc1OCCCC(=O)N1CCCN(c2nc3ccccc3[nH]2)CC1. The van der Waals surface area contributed by atoms with Gasteiger partial charge in [-0.15, -0.1) is 0 Å². The number of amides is 1. The molecule has 0 spiro atoms. The fourth-order valence-corrected chi connectivity index (χ4v) is 4.04. The summed E-state index contributed by atoms with van der Waals surface area (Å²) in [5.74, 6) is 2.08. The molecule has 2 heterocycles. The first kappa shape index (κ1) is 22.6. The number of imidazole rings is 1. The second kappa shape index (κ2) is 10.4. The number of H-pyrrole nitrogens is 1. The summed E-state index contributed by atoms with van der Waals surface area (Å²) in [4.78, 5) is 36.5. The molecule has 8 nitrogen and oxygen atoms in total. The third-order valence-corrected chi connectivity index (χ3v) is 5.89. The van der Waals surface area contributed by atoms with Crippen LogP contribution in [-0.4, -0.2) is 66.5 Å². The van der Waals surface area contributed by atoms with E-state index < -0.39 is 0 Å². The number of Topliss-reactive ketones (excluding diaryl/α,β-unsaturated/α-hetero) is 1. The average molecular weight is 451 g/mol. The van der Waals surface area contributed by atoms with Crippen LogP contribution in [0, 0.1) is 0 Å². The zero-order valence-corrected chi connectivity index (χ0v) is 19.2. The number of ether oxygens (including phenoxy) is 2. The highest BCUT2D eigenvalue weighted by Crippen LogP contribution is 2.28. The van der Waals surface area contributed by atoms with E-state index in [-0.39, 0.29) is 11.7 Å². The number of carbonyl (C=O) groups excluding carboxylic acids is 2. The van der Waals surface area contributed by atoms with Gasteiger partial charge in [0.2, 0.25) is 11.9 Å². The summed E-state index contributed by atoms with van der Waals surface area (Å²) in [6.45, 7) is 4.96. The molecule has 1 amide bonds. The van der Waals surface area contributed by atoms with E-state index in [4.69, 9.17) is 9.47 Å². The molecule has 4 rings (SSSR count). The predicted molar refractivity (Wildman–Crippen MR) is 127 cm³/mol. The minimum absolute atomic E-state index is 0.0261. The van der Waals surface area contributed by atoms with Gasteiger partial charge in [0, 0.05) is 38.2 Å². The number of aromatic nitrogens is 2. The maximum Gasteiger partial charge on any atom is 0.222 e. The normalized spacial score (nSPS) is 14.2. The van der Waals surface area contributed by atoms with Crippen LogP contribution in [0.5, 0.6) is 11.5 Å². The van der Waals surface area contributed by atoms with E-state index in [1.807, 2.05) is 29.2 Å². The van der Waals surface area contributed by atoms with Crippen LogP contribution < -0.4 is 14.4 Å². The van der Waals surface area contributed by atoms with E-state index in [1.54, 1.807) is 25.3 Å². The number of fused-ring (bicyclic) bond motifs is 1. The Morgan fingerprint density at radius 2 is 1.91 bits per heavy atom. The molecule has 3 aromatic rings. The summed E-state index contributed by atoms with van der Waals surface area (Å²) in [6.07, 6.45) is 1.94. The van der Waals surface area contributed by atoms with Gasteiger partial charge in [-0.25, -0.2) is 4.98 Å². The molecule has 0 aliphatic carbocycles. The van der Waals surface area contributed by atoms with Crippen LogP contribution in [0.15, 0.2) is 42.5 Å². The van der Waals surface area contributed by atoms with E-state index in [2.05, 4.69) is 14.9 Å². The molecule has 0 saturated carbocycles. The first-order valence-corrected chi connectivity index (χ1v) is 11.3. The first-order valence-electron chi connectivity index (χ1n) is 11.3. The van der Waals surface area contributed by atoms with Crippen LogP contribution in [0.4, 0.5) is 5.95 Å². The maximum absolute atomic E-state index is 12.8. The van der Waals surface area contributed by atoms with Gasteiger partial charge in [-0.05, 0) is 50.1 Å². The van der Waals surface area contributed by atoms with Crippen LogP contribution in [0.25, 0.3) is 11.0 Å². The highest BCUT2D eigenvalue weighted by molar-refractivity contribution is 5.94. The number of aromatic amines is 1. The van der Waals surface area contributed by atoms with Gasteiger partial charge in [-0.3, -0.25) is 9.59 Å². The van der Waals surface area contributed by atoms with Gasteiger partial charge in [0.1, 0.15) is 0 Å². The Labute approximate surface area is 193 Å². The van der Waals surface area contributed by atoms with Crippen molar-refractivity contribution in [3.8, 4) is 11.5 Å². The van der Waals surface area contributed by atoms with Crippen LogP contribution >= 0.6 is 0 Å². The number of nitrogens with zero attached hydrogens (tertiary/aromatic N) is 3. The highest BCUT2D eigenvalue weighted by atomic mass is 16.5. The second-order valence-electron chi connectivity index (χ2n) is 8.17. The lowest BCUT2D eigenvalue weighted by Crippen LogP contribution is -2.35. The minimum atomic E-state index is -0.0261. The predicted octanol–water partition coefficient (Wildman–Crippen LogP) is 3.67. The first-order chi connectivity index (χ1) is 16.0. The standard InChI is InChI=1S/C25H30N4O4/c1-18(30)19-10-11-22(23(17-19)32-2)33-16-5-9-24(31)28-12-6-13-29(15-14-28)25-26-20-7-3-4-8-21(20)27-25/h3-4,7-8,10-11,17H,5-6,9,12-16H2,1-2H3,(H,26,27). The van der Waals surface area contributed by atoms with Crippen LogP contribution in [0.1, 0.15) is 36.5 Å². The number of ketones is 1. The highest BCUT2D eigenvalue weighted by Gasteiger charge is 2.21. The molecular weight excluding hydrogens is 420 g/mol. The quantitative estimate of drug-likeness (QED) is 0.416. The molecule has 0 bridgehead atoms. The van der Waals surface area contributed by atoms with Gasteiger partial charge < -0.3 is 24.3 Å². The maximum atomic E-state index is 12.8. The summed E-state index contributed by atoms with van der Waals surface area (Å²) >= 11 is 0. The van der Waals surface area contributed by atoms with Gasteiger partial charge in [0.05, 0.1) is 24.8 Å². The van der Waals surface area contributed by atoms with Gasteiger partial charge >= 0.3 is 0 Å². The Balaban J connectivity index is 1.25. The van der Waals surface area contributed by atoms with Crippen molar-refractivity contribution in [3.63, 3.8) is 0 Å².